The standard InChI is InChI=1S/C24H31NO5S/c1-4-12-25-15-19(16-29-31(26,27)20-10-8-17(2)9-11-20)30-24-14-21-18(13-22(24)25)6-5-7-23(21)28-3/h5-11,19,22,24H,4,12-16H2,1-3H3/t19-,22-,24-/m0/s1. The van der Waals surface area contributed by atoms with Crippen LogP contribution in [0.1, 0.15) is 30.0 Å². The highest BCUT2D eigenvalue weighted by molar-refractivity contribution is 7.86. The first-order valence-corrected chi connectivity index (χ1v) is 12.3. The van der Waals surface area contributed by atoms with Crippen LogP contribution in [-0.2, 0) is 31.9 Å². The minimum Gasteiger partial charge on any atom is -0.496 e. The molecule has 1 aliphatic carbocycles. The molecule has 7 heteroatoms. The summed E-state index contributed by atoms with van der Waals surface area (Å²) in [6, 6.07) is 13.2. The second kappa shape index (κ2) is 9.28. The first-order chi connectivity index (χ1) is 14.9. The monoisotopic (exact) mass is 445 g/mol. The van der Waals surface area contributed by atoms with Crippen LogP contribution in [0.2, 0.25) is 0 Å². The van der Waals surface area contributed by atoms with E-state index in [0.717, 1.165) is 37.1 Å². The van der Waals surface area contributed by atoms with E-state index < -0.39 is 10.1 Å². The number of ether oxygens (including phenoxy) is 2. The summed E-state index contributed by atoms with van der Waals surface area (Å²) >= 11 is 0. The molecule has 0 spiro atoms. The molecule has 2 aromatic carbocycles. The van der Waals surface area contributed by atoms with Crippen molar-refractivity contribution in [1.29, 1.82) is 0 Å². The Morgan fingerprint density at radius 1 is 1.13 bits per heavy atom. The number of rotatable bonds is 7. The zero-order valence-corrected chi connectivity index (χ0v) is 19.2. The number of fused-ring (bicyclic) bond motifs is 2. The molecule has 0 radical (unpaired) electrons. The summed E-state index contributed by atoms with van der Waals surface area (Å²) in [4.78, 5) is 2.61. The van der Waals surface area contributed by atoms with Gasteiger partial charge in [0.15, 0.2) is 0 Å². The molecule has 6 nitrogen and oxygen atoms in total. The predicted octanol–water partition coefficient (Wildman–Crippen LogP) is 3.36. The number of hydrogen-bond donors (Lipinski definition) is 0. The Morgan fingerprint density at radius 2 is 1.90 bits per heavy atom. The van der Waals surface area contributed by atoms with Gasteiger partial charge in [0, 0.05) is 19.0 Å². The molecule has 0 unspecified atom stereocenters. The van der Waals surface area contributed by atoms with Gasteiger partial charge in [0.05, 0.1) is 30.8 Å². The SMILES string of the molecule is CCCN1C[C@@H](COS(=O)(=O)c2ccc(C)cc2)O[C@H]2Cc3c(cccc3OC)C[C@@H]21. The molecule has 168 valence electrons. The third-order valence-electron chi connectivity index (χ3n) is 6.22. The zero-order valence-electron chi connectivity index (χ0n) is 18.4. The average Bonchev–Trinajstić information content (AvgIpc) is 2.76. The van der Waals surface area contributed by atoms with E-state index in [-0.39, 0.29) is 29.8 Å². The van der Waals surface area contributed by atoms with Crippen molar-refractivity contribution in [2.45, 2.75) is 56.3 Å². The molecule has 0 saturated carbocycles. The second-order valence-electron chi connectivity index (χ2n) is 8.42. The van der Waals surface area contributed by atoms with E-state index in [1.54, 1.807) is 31.4 Å². The summed E-state index contributed by atoms with van der Waals surface area (Å²) in [6.07, 6.45) is 2.38. The van der Waals surface area contributed by atoms with Crippen molar-refractivity contribution in [3.63, 3.8) is 0 Å². The Bertz CT molecular complexity index is 1010. The molecule has 0 aromatic heterocycles. The van der Waals surface area contributed by atoms with E-state index in [2.05, 4.69) is 17.9 Å². The lowest BCUT2D eigenvalue weighted by atomic mass is 9.83. The Hall–Kier alpha value is -1.93. The van der Waals surface area contributed by atoms with Crippen molar-refractivity contribution in [2.24, 2.45) is 0 Å². The van der Waals surface area contributed by atoms with E-state index >= 15 is 0 Å². The fourth-order valence-corrected chi connectivity index (χ4v) is 5.62. The number of morpholine rings is 1. The fourth-order valence-electron chi connectivity index (χ4n) is 4.68. The number of nitrogens with zero attached hydrogens (tertiary/aromatic N) is 1. The molecule has 0 amide bonds. The molecule has 1 aliphatic heterocycles. The summed E-state index contributed by atoms with van der Waals surface area (Å²) in [5, 5.41) is 0. The molecule has 1 heterocycles. The van der Waals surface area contributed by atoms with E-state index in [0.29, 0.717) is 6.54 Å². The highest BCUT2D eigenvalue weighted by Crippen LogP contribution is 2.35. The molecule has 2 aliphatic rings. The lowest BCUT2D eigenvalue weighted by Gasteiger charge is -2.47. The van der Waals surface area contributed by atoms with Crippen LogP contribution < -0.4 is 4.74 Å². The third kappa shape index (κ3) is 4.80. The number of hydrogen-bond acceptors (Lipinski definition) is 6. The summed E-state index contributed by atoms with van der Waals surface area (Å²) in [6.45, 7) is 5.71. The van der Waals surface area contributed by atoms with Crippen molar-refractivity contribution in [2.75, 3.05) is 26.8 Å². The Morgan fingerprint density at radius 3 is 2.61 bits per heavy atom. The highest BCUT2D eigenvalue weighted by atomic mass is 32.2. The van der Waals surface area contributed by atoms with Crippen LogP contribution in [0.4, 0.5) is 0 Å². The van der Waals surface area contributed by atoms with Gasteiger partial charge in [-0.05, 0) is 55.6 Å². The van der Waals surface area contributed by atoms with E-state index in [9.17, 15) is 8.42 Å². The van der Waals surface area contributed by atoms with Gasteiger partial charge in [-0.15, -0.1) is 0 Å². The molecule has 2 aromatic rings. The molecule has 31 heavy (non-hydrogen) atoms. The van der Waals surface area contributed by atoms with Gasteiger partial charge in [-0.2, -0.15) is 8.42 Å². The maximum absolute atomic E-state index is 12.6. The summed E-state index contributed by atoms with van der Waals surface area (Å²) < 4.78 is 42.6. The lowest BCUT2D eigenvalue weighted by Crippen LogP contribution is -2.59. The topological polar surface area (TPSA) is 65.1 Å². The maximum Gasteiger partial charge on any atom is 0.297 e. The van der Waals surface area contributed by atoms with Gasteiger partial charge < -0.3 is 9.47 Å². The summed E-state index contributed by atoms with van der Waals surface area (Å²) in [7, 11) is -2.12. The van der Waals surface area contributed by atoms with Gasteiger partial charge >= 0.3 is 0 Å². The van der Waals surface area contributed by atoms with Crippen molar-refractivity contribution in [3.05, 3.63) is 59.2 Å². The van der Waals surface area contributed by atoms with Gasteiger partial charge in [-0.3, -0.25) is 9.08 Å². The van der Waals surface area contributed by atoms with Crippen molar-refractivity contribution in [1.82, 2.24) is 4.90 Å². The molecule has 0 bridgehead atoms. The van der Waals surface area contributed by atoms with Crippen LogP contribution in [0.25, 0.3) is 0 Å². The normalized spacial score (nSPS) is 23.8. The lowest BCUT2D eigenvalue weighted by molar-refractivity contribution is -0.132. The smallest absolute Gasteiger partial charge is 0.297 e. The van der Waals surface area contributed by atoms with Crippen LogP contribution in [0.5, 0.6) is 5.75 Å². The van der Waals surface area contributed by atoms with Crippen molar-refractivity contribution in [3.8, 4) is 5.75 Å². The van der Waals surface area contributed by atoms with Crippen LogP contribution in [0, 0.1) is 6.92 Å². The second-order valence-corrected chi connectivity index (χ2v) is 10.0. The van der Waals surface area contributed by atoms with E-state index in [1.807, 2.05) is 19.1 Å². The third-order valence-corrected chi connectivity index (χ3v) is 7.51. The first-order valence-electron chi connectivity index (χ1n) is 10.9. The molecule has 0 N–H and O–H groups in total. The van der Waals surface area contributed by atoms with Crippen molar-refractivity contribution < 1.29 is 22.1 Å². The quantitative estimate of drug-likeness (QED) is 0.609. The molecule has 1 fully saturated rings. The van der Waals surface area contributed by atoms with Gasteiger partial charge in [-0.25, -0.2) is 0 Å². The van der Waals surface area contributed by atoms with Crippen LogP contribution in [0.15, 0.2) is 47.4 Å². The van der Waals surface area contributed by atoms with E-state index in [1.165, 1.54) is 11.1 Å². The largest absolute Gasteiger partial charge is 0.496 e. The number of methoxy groups -OCH3 is 1. The Labute approximate surface area is 185 Å². The zero-order chi connectivity index (χ0) is 22.0. The number of benzene rings is 2. The fraction of sp³-hybridized carbons (Fsp3) is 0.500. The first kappa shape index (κ1) is 22.3. The highest BCUT2D eigenvalue weighted by Gasteiger charge is 2.41. The Kier molecular flexibility index (Phi) is 6.67. The molecule has 3 atom stereocenters. The van der Waals surface area contributed by atoms with Crippen LogP contribution in [0.3, 0.4) is 0 Å². The molecule has 4 rings (SSSR count). The van der Waals surface area contributed by atoms with Gasteiger partial charge in [0.1, 0.15) is 5.75 Å². The minimum atomic E-state index is -3.81. The molecule has 1 saturated heterocycles. The predicted molar refractivity (Wildman–Crippen MR) is 119 cm³/mol. The summed E-state index contributed by atoms with van der Waals surface area (Å²) in [5.41, 5.74) is 3.50. The molecular weight excluding hydrogens is 414 g/mol. The van der Waals surface area contributed by atoms with Crippen LogP contribution >= 0.6 is 0 Å². The molecular formula is C24H31NO5S. The van der Waals surface area contributed by atoms with E-state index in [4.69, 9.17) is 13.7 Å². The maximum atomic E-state index is 12.6. The van der Waals surface area contributed by atoms with Crippen molar-refractivity contribution >= 4 is 10.1 Å². The number of aryl methyl sites for hydroxylation is 1. The Balaban J connectivity index is 1.49. The minimum absolute atomic E-state index is 0.0123. The van der Waals surface area contributed by atoms with Gasteiger partial charge in [-0.1, -0.05) is 36.8 Å². The summed E-state index contributed by atoms with van der Waals surface area (Å²) in [5.74, 6) is 0.891. The van der Waals surface area contributed by atoms with Gasteiger partial charge in [0.2, 0.25) is 0 Å². The average molecular weight is 446 g/mol. The van der Waals surface area contributed by atoms with Crippen LogP contribution in [-0.4, -0.2) is 58.4 Å². The van der Waals surface area contributed by atoms with Gasteiger partial charge in [0.25, 0.3) is 10.1 Å².